The second-order valence-corrected chi connectivity index (χ2v) is 8.61. The number of ether oxygens (including phenoxy) is 1. The summed E-state index contributed by atoms with van der Waals surface area (Å²) in [6.07, 6.45) is 0. The van der Waals surface area contributed by atoms with Crippen LogP contribution in [-0.4, -0.2) is 44.3 Å². The van der Waals surface area contributed by atoms with Gasteiger partial charge in [-0.3, -0.25) is 4.79 Å². The molecule has 162 valence electrons. The van der Waals surface area contributed by atoms with Crippen LogP contribution < -0.4 is 5.32 Å². The molecule has 0 saturated carbocycles. The second kappa shape index (κ2) is 9.82. The topological polar surface area (TPSA) is 92.8 Å². The lowest BCUT2D eigenvalue weighted by molar-refractivity contribution is -0.119. The van der Waals surface area contributed by atoms with Crippen LogP contribution in [0.1, 0.15) is 35.3 Å². The molecule has 0 radical (unpaired) electrons. The van der Waals surface area contributed by atoms with E-state index in [1.54, 1.807) is 19.9 Å². The van der Waals surface area contributed by atoms with Crippen LogP contribution in [0.25, 0.3) is 0 Å². The number of anilines is 1. The van der Waals surface area contributed by atoms with Crippen LogP contribution in [0.15, 0.2) is 41.3 Å². The molecule has 0 aromatic heterocycles. The van der Waals surface area contributed by atoms with E-state index in [0.29, 0.717) is 5.69 Å². The predicted molar refractivity (Wildman–Crippen MR) is 111 cm³/mol. The minimum atomic E-state index is -3.88. The van der Waals surface area contributed by atoms with Gasteiger partial charge in [0.2, 0.25) is 10.0 Å². The van der Waals surface area contributed by atoms with Crippen molar-refractivity contribution in [2.45, 2.75) is 32.6 Å². The molecule has 0 aliphatic carbocycles. The number of hydrogen-bond acceptors (Lipinski definition) is 5. The summed E-state index contributed by atoms with van der Waals surface area (Å²) < 4.78 is 45.4. The highest BCUT2D eigenvalue weighted by Crippen LogP contribution is 2.20. The van der Waals surface area contributed by atoms with Gasteiger partial charge in [0.1, 0.15) is 5.82 Å². The van der Waals surface area contributed by atoms with Crippen molar-refractivity contribution in [3.05, 3.63) is 58.9 Å². The molecule has 0 saturated heterocycles. The molecule has 0 aliphatic rings. The summed E-state index contributed by atoms with van der Waals surface area (Å²) in [4.78, 5) is 24.2. The highest BCUT2D eigenvalue weighted by Gasteiger charge is 2.25. The first kappa shape index (κ1) is 23.5. The number of sulfonamides is 1. The van der Waals surface area contributed by atoms with Crippen molar-refractivity contribution in [1.82, 2.24) is 4.31 Å². The quantitative estimate of drug-likeness (QED) is 0.641. The monoisotopic (exact) mass is 436 g/mol. The Bertz CT molecular complexity index is 1050. The van der Waals surface area contributed by atoms with Crippen LogP contribution in [0.5, 0.6) is 0 Å². The summed E-state index contributed by atoms with van der Waals surface area (Å²) in [5.41, 5.74) is 1.80. The average molecular weight is 437 g/mol. The molecule has 0 heterocycles. The first-order valence-electron chi connectivity index (χ1n) is 9.44. The SMILES string of the molecule is CCN(CC)S(=O)(=O)c1ccc(F)c(C(=O)OCC(=O)Nc2cc(C)ccc2C)c1. The standard InChI is InChI=1S/C21H25FN2O5S/c1-5-24(6-2)30(27,28)16-9-10-18(22)17(12-16)21(26)29-13-20(25)23-19-11-14(3)7-8-15(19)4/h7-12H,5-6,13H2,1-4H3,(H,23,25). The number of carbonyl (C=O) groups is 2. The fourth-order valence-electron chi connectivity index (χ4n) is 2.80. The number of benzene rings is 2. The molecule has 2 rings (SSSR count). The van der Waals surface area contributed by atoms with Crippen molar-refractivity contribution in [2.24, 2.45) is 0 Å². The van der Waals surface area contributed by atoms with Gasteiger partial charge in [-0.25, -0.2) is 17.6 Å². The van der Waals surface area contributed by atoms with E-state index in [-0.39, 0.29) is 18.0 Å². The molecule has 0 spiro atoms. The highest BCUT2D eigenvalue weighted by molar-refractivity contribution is 7.89. The molecule has 0 aliphatic heterocycles. The summed E-state index contributed by atoms with van der Waals surface area (Å²) in [5.74, 6) is -2.65. The Kier molecular flexibility index (Phi) is 7.69. The highest BCUT2D eigenvalue weighted by atomic mass is 32.2. The van der Waals surface area contributed by atoms with Crippen molar-refractivity contribution in [3.8, 4) is 0 Å². The molecular formula is C21H25FN2O5S. The lowest BCUT2D eigenvalue weighted by Crippen LogP contribution is -2.30. The number of carbonyl (C=O) groups excluding carboxylic acids is 2. The Balaban J connectivity index is 2.13. The van der Waals surface area contributed by atoms with E-state index >= 15 is 0 Å². The Hall–Kier alpha value is -2.78. The van der Waals surface area contributed by atoms with Gasteiger partial charge in [0.25, 0.3) is 5.91 Å². The van der Waals surface area contributed by atoms with Crippen LogP contribution in [-0.2, 0) is 19.6 Å². The van der Waals surface area contributed by atoms with E-state index in [2.05, 4.69) is 5.32 Å². The minimum absolute atomic E-state index is 0.223. The van der Waals surface area contributed by atoms with Gasteiger partial charge in [0.15, 0.2) is 6.61 Å². The van der Waals surface area contributed by atoms with Gasteiger partial charge in [-0.15, -0.1) is 0 Å². The molecule has 1 N–H and O–H groups in total. The van der Waals surface area contributed by atoms with Gasteiger partial charge in [-0.05, 0) is 49.2 Å². The van der Waals surface area contributed by atoms with Gasteiger partial charge in [0, 0.05) is 18.8 Å². The molecule has 30 heavy (non-hydrogen) atoms. The van der Waals surface area contributed by atoms with Crippen molar-refractivity contribution >= 4 is 27.6 Å². The lowest BCUT2D eigenvalue weighted by atomic mass is 10.1. The molecule has 2 aromatic rings. The van der Waals surface area contributed by atoms with Gasteiger partial charge < -0.3 is 10.1 Å². The molecule has 7 nitrogen and oxygen atoms in total. The van der Waals surface area contributed by atoms with E-state index in [4.69, 9.17) is 4.74 Å². The summed E-state index contributed by atoms with van der Waals surface area (Å²) in [6.45, 7) is 6.86. The Morgan fingerprint density at radius 2 is 1.73 bits per heavy atom. The molecule has 0 atom stereocenters. The van der Waals surface area contributed by atoms with Crippen molar-refractivity contribution < 1.29 is 27.1 Å². The van der Waals surface area contributed by atoms with Crippen LogP contribution in [0.4, 0.5) is 10.1 Å². The van der Waals surface area contributed by atoms with Gasteiger partial charge in [0.05, 0.1) is 10.5 Å². The van der Waals surface area contributed by atoms with Crippen molar-refractivity contribution in [1.29, 1.82) is 0 Å². The molecule has 0 bridgehead atoms. The maximum absolute atomic E-state index is 14.1. The van der Waals surface area contributed by atoms with E-state index in [1.807, 2.05) is 26.0 Å². The lowest BCUT2D eigenvalue weighted by Gasteiger charge is -2.18. The number of rotatable bonds is 8. The van der Waals surface area contributed by atoms with Crippen molar-refractivity contribution in [2.75, 3.05) is 25.0 Å². The Morgan fingerprint density at radius 3 is 2.37 bits per heavy atom. The normalized spacial score (nSPS) is 11.4. The minimum Gasteiger partial charge on any atom is -0.452 e. The van der Waals surface area contributed by atoms with E-state index < -0.39 is 39.9 Å². The summed E-state index contributed by atoms with van der Waals surface area (Å²) in [7, 11) is -3.88. The first-order chi connectivity index (χ1) is 14.1. The van der Waals surface area contributed by atoms with E-state index in [1.165, 1.54) is 4.31 Å². The number of nitrogens with one attached hydrogen (secondary N) is 1. The zero-order valence-corrected chi connectivity index (χ0v) is 18.2. The van der Waals surface area contributed by atoms with Gasteiger partial charge in [-0.2, -0.15) is 4.31 Å². The van der Waals surface area contributed by atoms with E-state index in [9.17, 15) is 22.4 Å². The number of aryl methyl sites for hydroxylation is 2. The Morgan fingerprint density at radius 1 is 1.07 bits per heavy atom. The number of halogens is 1. The molecule has 0 unspecified atom stereocenters. The van der Waals surface area contributed by atoms with Crippen LogP contribution >= 0.6 is 0 Å². The van der Waals surface area contributed by atoms with E-state index in [0.717, 1.165) is 29.3 Å². The summed E-state index contributed by atoms with van der Waals surface area (Å²) >= 11 is 0. The first-order valence-corrected chi connectivity index (χ1v) is 10.9. The molecule has 2 aromatic carbocycles. The average Bonchev–Trinajstić information content (AvgIpc) is 2.69. The maximum atomic E-state index is 14.1. The largest absolute Gasteiger partial charge is 0.452 e. The molecule has 9 heteroatoms. The zero-order valence-electron chi connectivity index (χ0n) is 17.4. The van der Waals surface area contributed by atoms with Crippen LogP contribution in [0, 0.1) is 19.7 Å². The fourth-order valence-corrected chi connectivity index (χ4v) is 4.28. The van der Waals surface area contributed by atoms with Gasteiger partial charge >= 0.3 is 5.97 Å². The second-order valence-electron chi connectivity index (χ2n) is 6.67. The third-order valence-corrected chi connectivity index (χ3v) is 6.55. The van der Waals surface area contributed by atoms with Crippen LogP contribution in [0.3, 0.4) is 0 Å². The predicted octanol–water partition coefficient (Wildman–Crippen LogP) is 3.27. The zero-order chi connectivity index (χ0) is 22.5. The molecular weight excluding hydrogens is 411 g/mol. The van der Waals surface area contributed by atoms with Gasteiger partial charge in [-0.1, -0.05) is 26.0 Å². The number of amides is 1. The maximum Gasteiger partial charge on any atom is 0.341 e. The molecule has 1 amide bonds. The smallest absolute Gasteiger partial charge is 0.341 e. The summed E-state index contributed by atoms with van der Waals surface area (Å²) in [6, 6.07) is 8.42. The molecule has 0 fully saturated rings. The summed E-state index contributed by atoms with van der Waals surface area (Å²) in [5, 5.41) is 2.63. The number of hydrogen-bond donors (Lipinski definition) is 1. The number of esters is 1. The third kappa shape index (κ3) is 5.43. The Labute approximate surface area is 175 Å². The van der Waals surface area contributed by atoms with Crippen LogP contribution in [0.2, 0.25) is 0 Å². The third-order valence-electron chi connectivity index (χ3n) is 4.50. The number of nitrogens with zero attached hydrogens (tertiary/aromatic N) is 1. The van der Waals surface area contributed by atoms with Crippen molar-refractivity contribution in [3.63, 3.8) is 0 Å². The fraction of sp³-hybridized carbons (Fsp3) is 0.333.